The van der Waals surface area contributed by atoms with Gasteiger partial charge in [0.15, 0.2) is 0 Å². The third kappa shape index (κ3) is 3.03. The van der Waals surface area contributed by atoms with Crippen LogP contribution in [0.2, 0.25) is 0 Å². The van der Waals surface area contributed by atoms with Crippen LogP contribution in [0, 0.1) is 11.8 Å². The summed E-state index contributed by atoms with van der Waals surface area (Å²) in [5.74, 6) is -0.0660. The number of carbonyl (C=O) groups is 1. The maximum absolute atomic E-state index is 11.8. The van der Waals surface area contributed by atoms with Crippen LogP contribution < -0.4 is 0 Å². The number of aliphatic carboxylic acids is 1. The second-order valence-corrected chi connectivity index (χ2v) is 6.74. The van der Waals surface area contributed by atoms with Crippen molar-refractivity contribution in [2.24, 2.45) is 11.8 Å². The standard InChI is InChI=1S/C18H25NO3/c20-12-15-10-19(11-16(15)13-6-2-1-3-7-13)17(18(21)22)14-8-4-5-9-14/h1-3,6-7,14-17,20H,4-5,8-12H2,(H,21,22)/t15-,16-,17+/m1/s1. The quantitative estimate of drug-likeness (QED) is 0.876. The Kier molecular flexibility index (Phi) is 4.79. The normalized spacial score (nSPS) is 28.0. The van der Waals surface area contributed by atoms with Gasteiger partial charge in [-0.25, -0.2) is 0 Å². The van der Waals surface area contributed by atoms with E-state index in [4.69, 9.17) is 0 Å². The van der Waals surface area contributed by atoms with E-state index in [1.54, 1.807) is 0 Å². The minimum Gasteiger partial charge on any atom is -0.480 e. The van der Waals surface area contributed by atoms with Crippen LogP contribution in [-0.4, -0.2) is 46.8 Å². The monoisotopic (exact) mass is 303 g/mol. The summed E-state index contributed by atoms with van der Waals surface area (Å²) in [5.41, 5.74) is 1.21. The molecule has 0 unspecified atom stereocenters. The lowest BCUT2D eigenvalue weighted by atomic mass is 9.90. The van der Waals surface area contributed by atoms with E-state index in [1.807, 2.05) is 18.2 Å². The van der Waals surface area contributed by atoms with E-state index in [1.165, 1.54) is 5.56 Å². The number of rotatable bonds is 5. The van der Waals surface area contributed by atoms with Gasteiger partial charge >= 0.3 is 5.97 Å². The molecule has 2 aliphatic rings. The van der Waals surface area contributed by atoms with Crippen molar-refractivity contribution in [3.8, 4) is 0 Å². The molecule has 1 heterocycles. The first-order valence-electron chi connectivity index (χ1n) is 8.33. The predicted molar refractivity (Wildman–Crippen MR) is 84.7 cm³/mol. The smallest absolute Gasteiger partial charge is 0.321 e. The van der Waals surface area contributed by atoms with Crippen LogP contribution in [0.25, 0.3) is 0 Å². The maximum atomic E-state index is 11.8. The van der Waals surface area contributed by atoms with Gasteiger partial charge in [0, 0.05) is 31.5 Å². The van der Waals surface area contributed by atoms with E-state index < -0.39 is 5.97 Å². The molecule has 3 rings (SSSR count). The van der Waals surface area contributed by atoms with Crippen molar-refractivity contribution in [3.05, 3.63) is 35.9 Å². The number of carboxylic acids is 1. The molecule has 2 fully saturated rings. The van der Waals surface area contributed by atoms with Crippen LogP contribution in [-0.2, 0) is 4.79 Å². The SMILES string of the molecule is O=C(O)[C@H](C1CCCC1)N1C[C@H](CO)[C@@H](c2ccccc2)C1. The summed E-state index contributed by atoms with van der Waals surface area (Å²) < 4.78 is 0. The predicted octanol–water partition coefficient (Wildman–Crippen LogP) is 2.34. The van der Waals surface area contributed by atoms with Crippen molar-refractivity contribution >= 4 is 5.97 Å². The molecule has 3 atom stereocenters. The molecule has 0 amide bonds. The van der Waals surface area contributed by atoms with Crippen LogP contribution in [0.1, 0.15) is 37.2 Å². The minimum atomic E-state index is -0.697. The zero-order valence-corrected chi connectivity index (χ0v) is 12.9. The lowest BCUT2D eigenvalue weighted by Crippen LogP contribution is -2.44. The highest BCUT2D eigenvalue weighted by molar-refractivity contribution is 5.74. The molecule has 4 heteroatoms. The van der Waals surface area contributed by atoms with Gasteiger partial charge in [0.2, 0.25) is 0 Å². The lowest BCUT2D eigenvalue weighted by Gasteiger charge is -2.29. The number of carboxylic acid groups (broad SMARTS) is 1. The Morgan fingerprint density at radius 2 is 1.86 bits per heavy atom. The first-order chi connectivity index (χ1) is 10.7. The third-order valence-electron chi connectivity index (χ3n) is 5.42. The first kappa shape index (κ1) is 15.5. The molecular formula is C18H25NO3. The molecule has 1 aliphatic carbocycles. The van der Waals surface area contributed by atoms with Gasteiger partial charge in [-0.3, -0.25) is 9.69 Å². The summed E-state index contributed by atoms with van der Waals surface area (Å²) >= 11 is 0. The second kappa shape index (κ2) is 6.80. The first-order valence-corrected chi connectivity index (χ1v) is 8.33. The molecule has 0 aromatic heterocycles. The molecule has 0 radical (unpaired) electrons. The molecule has 1 aromatic rings. The Balaban J connectivity index is 1.79. The van der Waals surface area contributed by atoms with Crippen molar-refractivity contribution in [1.82, 2.24) is 4.90 Å². The Morgan fingerprint density at radius 1 is 1.18 bits per heavy atom. The van der Waals surface area contributed by atoms with E-state index in [2.05, 4.69) is 17.0 Å². The number of benzene rings is 1. The van der Waals surface area contributed by atoms with E-state index in [0.29, 0.717) is 6.54 Å². The van der Waals surface area contributed by atoms with E-state index >= 15 is 0 Å². The zero-order chi connectivity index (χ0) is 15.5. The molecule has 1 saturated carbocycles. The van der Waals surface area contributed by atoms with Crippen molar-refractivity contribution < 1.29 is 15.0 Å². The number of hydrogen-bond acceptors (Lipinski definition) is 3. The van der Waals surface area contributed by atoms with Crippen molar-refractivity contribution in [1.29, 1.82) is 0 Å². The van der Waals surface area contributed by atoms with E-state index in [-0.39, 0.29) is 30.4 Å². The largest absolute Gasteiger partial charge is 0.480 e. The number of nitrogens with zero attached hydrogens (tertiary/aromatic N) is 1. The number of aliphatic hydroxyl groups is 1. The Morgan fingerprint density at radius 3 is 2.45 bits per heavy atom. The molecule has 0 bridgehead atoms. The summed E-state index contributed by atoms with van der Waals surface area (Å²) in [5, 5.41) is 19.4. The van der Waals surface area contributed by atoms with Crippen molar-refractivity contribution in [3.63, 3.8) is 0 Å². The van der Waals surface area contributed by atoms with Crippen molar-refractivity contribution in [2.75, 3.05) is 19.7 Å². The highest BCUT2D eigenvalue weighted by Gasteiger charge is 2.42. The van der Waals surface area contributed by atoms with Gasteiger partial charge in [0.25, 0.3) is 0 Å². The number of likely N-dealkylation sites (tertiary alicyclic amines) is 1. The zero-order valence-electron chi connectivity index (χ0n) is 12.9. The lowest BCUT2D eigenvalue weighted by molar-refractivity contribution is -0.145. The summed E-state index contributed by atoms with van der Waals surface area (Å²) in [6.45, 7) is 1.54. The average Bonchev–Trinajstić information content (AvgIpc) is 3.18. The van der Waals surface area contributed by atoms with Gasteiger partial charge in [-0.1, -0.05) is 43.2 Å². The van der Waals surface area contributed by atoms with Gasteiger partial charge in [0.05, 0.1) is 0 Å². The summed E-state index contributed by atoms with van der Waals surface area (Å²) in [6, 6.07) is 9.80. The number of aliphatic hydroxyl groups excluding tert-OH is 1. The average molecular weight is 303 g/mol. The van der Waals surface area contributed by atoms with E-state index in [0.717, 1.165) is 32.2 Å². The van der Waals surface area contributed by atoms with Gasteiger partial charge in [-0.15, -0.1) is 0 Å². The summed E-state index contributed by atoms with van der Waals surface area (Å²) in [4.78, 5) is 13.9. The van der Waals surface area contributed by atoms with Crippen LogP contribution in [0.5, 0.6) is 0 Å². The molecule has 2 N–H and O–H groups in total. The van der Waals surface area contributed by atoms with E-state index in [9.17, 15) is 15.0 Å². The molecule has 4 nitrogen and oxygen atoms in total. The van der Waals surface area contributed by atoms with Crippen LogP contribution in [0.4, 0.5) is 0 Å². The van der Waals surface area contributed by atoms with Crippen LogP contribution in [0.15, 0.2) is 30.3 Å². The molecule has 0 spiro atoms. The number of hydrogen-bond donors (Lipinski definition) is 2. The van der Waals surface area contributed by atoms with Crippen molar-refractivity contribution in [2.45, 2.75) is 37.6 Å². The molecule has 120 valence electrons. The maximum Gasteiger partial charge on any atom is 0.321 e. The Bertz CT molecular complexity index is 498. The molecular weight excluding hydrogens is 278 g/mol. The van der Waals surface area contributed by atoms with Gasteiger partial charge < -0.3 is 10.2 Å². The fourth-order valence-electron chi connectivity index (χ4n) is 4.32. The fraction of sp³-hybridized carbons (Fsp3) is 0.611. The second-order valence-electron chi connectivity index (χ2n) is 6.74. The van der Waals surface area contributed by atoms with Gasteiger partial charge in [0.1, 0.15) is 6.04 Å². The Hall–Kier alpha value is -1.39. The van der Waals surface area contributed by atoms with Gasteiger partial charge in [-0.05, 0) is 24.3 Å². The molecule has 22 heavy (non-hydrogen) atoms. The highest BCUT2D eigenvalue weighted by Crippen LogP contribution is 2.38. The topological polar surface area (TPSA) is 60.8 Å². The highest BCUT2D eigenvalue weighted by atomic mass is 16.4. The molecule has 1 aromatic carbocycles. The van der Waals surface area contributed by atoms with Crippen LogP contribution in [0.3, 0.4) is 0 Å². The van der Waals surface area contributed by atoms with Crippen LogP contribution >= 0.6 is 0 Å². The Labute approximate surface area is 131 Å². The molecule has 1 aliphatic heterocycles. The summed E-state index contributed by atoms with van der Waals surface area (Å²) in [7, 11) is 0. The fourth-order valence-corrected chi connectivity index (χ4v) is 4.32. The minimum absolute atomic E-state index is 0.118. The third-order valence-corrected chi connectivity index (χ3v) is 5.42. The molecule has 1 saturated heterocycles. The summed E-state index contributed by atoms with van der Waals surface area (Å²) in [6.07, 6.45) is 4.34. The van der Waals surface area contributed by atoms with Gasteiger partial charge in [-0.2, -0.15) is 0 Å².